The van der Waals surface area contributed by atoms with Crippen molar-refractivity contribution in [3.63, 3.8) is 0 Å². The summed E-state index contributed by atoms with van der Waals surface area (Å²) in [6, 6.07) is -1.21. The lowest BCUT2D eigenvalue weighted by molar-refractivity contribution is -0.166. The second kappa shape index (κ2) is 5.25. The summed E-state index contributed by atoms with van der Waals surface area (Å²) in [5, 5.41) is 0. The van der Waals surface area contributed by atoms with Crippen LogP contribution in [-0.2, 0) is 4.79 Å². The fourth-order valence-electron chi connectivity index (χ4n) is 1.84. The van der Waals surface area contributed by atoms with Crippen LogP contribution in [-0.4, -0.2) is 35.6 Å². The number of hydrogen-bond donors (Lipinski definition) is 1. The molecule has 0 heterocycles. The summed E-state index contributed by atoms with van der Waals surface area (Å²) in [6.45, 7) is 2.16. The number of carbonyl (C=O) groups excluding carboxylic acids is 1. The van der Waals surface area contributed by atoms with Crippen LogP contribution >= 0.6 is 0 Å². The van der Waals surface area contributed by atoms with Gasteiger partial charge in [0.1, 0.15) is 6.54 Å². The van der Waals surface area contributed by atoms with Crippen LogP contribution in [0.2, 0.25) is 0 Å². The smallest absolute Gasteiger partial charge is 0.329 e. The van der Waals surface area contributed by atoms with E-state index in [0.29, 0.717) is 6.42 Å². The topological polar surface area (TPSA) is 46.3 Å². The number of nitrogens with two attached hydrogens (primary N) is 1. The Balaban J connectivity index is 2.73. The molecule has 2 atom stereocenters. The third-order valence-electron chi connectivity index (χ3n) is 3.19. The van der Waals surface area contributed by atoms with E-state index in [1.165, 1.54) is 0 Å². The van der Waals surface area contributed by atoms with Crippen LogP contribution in [0.3, 0.4) is 0 Å². The predicted molar refractivity (Wildman–Crippen MR) is 58.2 cm³/mol. The number of hydrogen-bond acceptors (Lipinski definition) is 2. The standard InChI is InChI=1S/C11H19F3N2O/c1-3-9(15)10(17)16(6-11(12,13)14)7(2)8-4-5-8/h7-9H,3-6,15H2,1-2H3. The Morgan fingerprint density at radius 1 is 1.47 bits per heavy atom. The van der Waals surface area contributed by atoms with Crippen LogP contribution in [0.1, 0.15) is 33.1 Å². The minimum atomic E-state index is -4.37. The van der Waals surface area contributed by atoms with Gasteiger partial charge in [-0.2, -0.15) is 13.2 Å². The largest absolute Gasteiger partial charge is 0.406 e. The van der Waals surface area contributed by atoms with Gasteiger partial charge in [-0.25, -0.2) is 0 Å². The Morgan fingerprint density at radius 2 is 2.00 bits per heavy atom. The second-order valence-electron chi connectivity index (χ2n) is 4.67. The zero-order valence-corrected chi connectivity index (χ0v) is 10.1. The van der Waals surface area contributed by atoms with E-state index in [9.17, 15) is 18.0 Å². The lowest BCUT2D eigenvalue weighted by Crippen LogP contribution is -2.51. The second-order valence-corrected chi connectivity index (χ2v) is 4.67. The van der Waals surface area contributed by atoms with E-state index < -0.39 is 24.7 Å². The van der Waals surface area contributed by atoms with Crippen molar-refractivity contribution < 1.29 is 18.0 Å². The molecule has 6 heteroatoms. The Hall–Kier alpha value is -0.780. The molecule has 2 N–H and O–H groups in total. The maximum Gasteiger partial charge on any atom is 0.406 e. The van der Waals surface area contributed by atoms with Crippen molar-refractivity contribution in [1.29, 1.82) is 0 Å². The third kappa shape index (κ3) is 4.18. The van der Waals surface area contributed by atoms with Gasteiger partial charge in [0.25, 0.3) is 0 Å². The highest BCUT2D eigenvalue weighted by Crippen LogP contribution is 2.36. The van der Waals surface area contributed by atoms with Crippen molar-refractivity contribution in [2.75, 3.05) is 6.54 Å². The molecule has 0 aromatic rings. The number of amides is 1. The number of halogens is 3. The zero-order valence-electron chi connectivity index (χ0n) is 10.1. The summed E-state index contributed by atoms with van der Waals surface area (Å²) in [5.74, 6) is -0.394. The summed E-state index contributed by atoms with van der Waals surface area (Å²) in [5.41, 5.74) is 5.54. The van der Waals surface area contributed by atoms with Gasteiger partial charge in [0.05, 0.1) is 6.04 Å². The van der Waals surface area contributed by atoms with E-state index in [4.69, 9.17) is 5.73 Å². The van der Waals surface area contributed by atoms with E-state index in [0.717, 1.165) is 17.7 Å². The van der Waals surface area contributed by atoms with Crippen molar-refractivity contribution in [1.82, 2.24) is 4.90 Å². The highest BCUT2D eigenvalue weighted by Gasteiger charge is 2.41. The summed E-state index contributed by atoms with van der Waals surface area (Å²) in [6.07, 6.45) is -2.23. The Morgan fingerprint density at radius 3 is 2.35 bits per heavy atom. The molecule has 0 spiro atoms. The number of nitrogens with zero attached hydrogens (tertiary/aromatic N) is 1. The van der Waals surface area contributed by atoms with E-state index in [1.807, 2.05) is 0 Å². The van der Waals surface area contributed by atoms with Gasteiger partial charge in [0, 0.05) is 6.04 Å². The van der Waals surface area contributed by atoms with Crippen molar-refractivity contribution in [3.8, 4) is 0 Å². The van der Waals surface area contributed by atoms with Gasteiger partial charge in [-0.1, -0.05) is 6.92 Å². The highest BCUT2D eigenvalue weighted by atomic mass is 19.4. The molecule has 1 amide bonds. The molecule has 1 rings (SSSR count). The van der Waals surface area contributed by atoms with Gasteiger partial charge < -0.3 is 10.6 Å². The van der Waals surface area contributed by atoms with Crippen LogP contribution in [0.5, 0.6) is 0 Å². The number of rotatable bonds is 5. The van der Waals surface area contributed by atoms with Crippen LogP contribution in [0.4, 0.5) is 13.2 Å². The van der Waals surface area contributed by atoms with Crippen molar-refractivity contribution in [2.24, 2.45) is 11.7 Å². The molecule has 1 fully saturated rings. The van der Waals surface area contributed by atoms with Gasteiger partial charge >= 0.3 is 6.18 Å². The number of alkyl halides is 3. The third-order valence-corrected chi connectivity index (χ3v) is 3.19. The molecule has 1 aliphatic carbocycles. The quantitative estimate of drug-likeness (QED) is 0.812. The van der Waals surface area contributed by atoms with Gasteiger partial charge in [0.15, 0.2) is 0 Å². The van der Waals surface area contributed by atoms with E-state index in [1.54, 1.807) is 13.8 Å². The minimum absolute atomic E-state index is 0.199. The van der Waals surface area contributed by atoms with Crippen molar-refractivity contribution in [2.45, 2.75) is 51.4 Å². The molecular formula is C11H19F3N2O. The fourth-order valence-corrected chi connectivity index (χ4v) is 1.84. The molecule has 3 nitrogen and oxygen atoms in total. The van der Waals surface area contributed by atoms with Crippen LogP contribution in [0.25, 0.3) is 0 Å². The van der Waals surface area contributed by atoms with E-state index in [-0.39, 0.29) is 12.0 Å². The van der Waals surface area contributed by atoms with Gasteiger partial charge in [-0.3, -0.25) is 4.79 Å². The molecule has 0 aliphatic heterocycles. The fraction of sp³-hybridized carbons (Fsp3) is 0.909. The molecular weight excluding hydrogens is 233 g/mol. The molecule has 0 aromatic heterocycles. The first kappa shape index (κ1) is 14.3. The van der Waals surface area contributed by atoms with E-state index in [2.05, 4.69) is 0 Å². The first-order chi connectivity index (χ1) is 7.76. The van der Waals surface area contributed by atoms with Gasteiger partial charge in [0.2, 0.25) is 5.91 Å². The van der Waals surface area contributed by atoms with Gasteiger partial charge in [-0.15, -0.1) is 0 Å². The average Bonchev–Trinajstić information content (AvgIpc) is 3.05. The maximum absolute atomic E-state index is 12.4. The first-order valence-corrected chi connectivity index (χ1v) is 5.89. The SMILES string of the molecule is CCC(N)C(=O)N(CC(F)(F)F)C(C)C1CC1. The molecule has 2 unspecified atom stereocenters. The Bertz CT molecular complexity index is 276. The van der Waals surface area contributed by atoms with Crippen LogP contribution in [0.15, 0.2) is 0 Å². The van der Waals surface area contributed by atoms with Crippen LogP contribution in [0, 0.1) is 5.92 Å². The molecule has 1 saturated carbocycles. The molecule has 17 heavy (non-hydrogen) atoms. The molecule has 0 saturated heterocycles. The summed E-state index contributed by atoms with van der Waals surface area (Å²) in [4.78, 5) is 12.7. The summed E-state index contributed by atoms with van der Waals surface area (Å²) >= 11 is 0. The maximum atomic E-state index is 12.4. The lowest BCUT2D eigenvalue weighted by Gasteiger charge is -2.32. The monoisotopic (exact) mass is 252 g/mol. The molecule has 1 aliphatic rings. The van der Waals surface area contributed by atoms with Crippen LogP contribution < -0.4 is 5.73 Å². The van der Waals surface area contributed by atoms with Gasteiger partial charge in [-0.05, 0) is 32.1 Å². The minimum Gasteiger partial charge on any atom is -0.329 e. The lowest BCUT2D eigenvalue weighted by atomic mass is 10.1. The van der Waals surface area contributed by atoms with E-state index >= 15 is 0 Å². The Labute approximate surface area is 99.1 Å². The predicted octanol–water partition coefficient (Wildman–Crippen LogP) is 1.91. The summed E-state index contributed by atoms with van der Waals surface area (Å²) in [7, 11) is 0. The molecule has 0 radical (unpaired) electrons. The zero-order chi connectivity index (χ0) is 13.2. The summed E-state index contributed by atoms with van der Waals surface area (Å²) < 4.78 is 37.3. The Kier molecular flexibility index (Phi) is 4.41. The first-order valence-electron chi connectivity index (χ1n) is 5.89. The van der Waals surface area contributed by atoms with Crippen molar-refractivity contribution in [3.05, 3.63) is 0 Å². The molecule has 0 aromatic carbocycles. The number of carbonyl (C=O) groups is 1. The average molecular weight is 252 g/mol. The molecule has 100 valence electrons. The van der Waals surface area contributed by atoms with Crippen molar-refractivity contribution >= 4 is 5.91 Å². The molecule has 0 bridgehead atoms. The normalized spacial score (nSPS) is 19.9. The highest BCUT2D eigenvalue weighted by molar-refractivity contribution is 5.82.